The first kappa shape index (κ1) is 32.0. The molecule has 41 heavy (non-hydrogen) atoms. The summed E-state index contributed by atoms with van der Waals surface area (Å²) in [5.74, 6) is 2.01. The van der Waals surface area contributed by atoms with E-state index in [1.165, 1.54) is 6.42 Å². The molecule has 208 valence electrons. The molecular formula is C35H35N3O3. The van der Waals surface area contributed by atoms with Crippen molar-refractivity contribution >= 4 is 0 Å². The Kier molecular flexibility index (Phi) is 14.1. The third-order valence-corrected chi connectivity index (χ3v) is 5.28. The lowest BCUT2D eigenvalue weighted by atomic mass is 10.1. The fourth-order valence-corrected chi connectivity index (χ4v) is 3.47. The Hall–Kier alpha value is -5.25. The highest BCUT2D eigenvalue weighted by Crippen LogP contribution is 2.20. The van der Waals surface area contributed by atoms with E-state index in [0.717, 1.165) is 16.7 Å². The molecule has 0 aliphatic heterocycles. The summed E-state index contributed by atoms with van der Waals surface area (Å²) in [5, 5.41) is 26.9. The van der Waals surface area contributed by atoms with Crippen molar-refractivity contribution in [3.8, 4) is 35.5 Å². The van der Waals surface area contributed by atoms with E-state index < -0.39 is 0 Å². The predicted molar refractivity (Wildman–Crippen MR) is 160 cm³/mol. The van der Waals surface area contributed by atoms with Crippen molar-refractivity contribution in [3.63, 3.8) is 0 Å². The minimum Gasteiger partial charge on any atom is -0.489 e. The van der Waals surface area contributed by atoms with Crippen LogP contribution in [0, 0.1) is 34.0 Å². The highest BCUT2D eigenvalue weighted by Gasteiger charge is 2.06. The van der Waals surface area contributed by atoms with E-state index in [-0.39, 0.29) is 0 Å². The zero-order chi connectivity index (χ0) is 29.9. The molecule has 0 amide bonds. The Morgan fingerprint density at radius 3 is 0.878 bits per heavy atom. The van der Waals surface area contributed by atoms with Crippen LogP contribution in [0.3, 0.4) is 0 Å². The molecule has 0 spiro atoms. The average molecular weight is 546 g/mol. The maximum Gasteiger partial charge on any atom is 0.119 e. The lowest BCUT2D eigenvalue weighted by Crippen LogP contribution is -2.04. The molecule has 0 radical (unpaired) electrons. The Balaban J connectivity index is 0.00000110. The number of rotatable bonds is 9. The number of hydrogen-bond acceptors (Lipinski definition) is 6. The maximum absolute atomic E-state index is 8.97. The van der Waals surface area contributed by atoms with Crippen molar-refractivity contribution < 1.29 is 14.2 Å². The molecule has 0 aliphatic rings. The smallest absolute Gasteiger partial charge is 0.119 e. The van der Waals surface area contributed by atoms with Gasteiger partial charge in [0.05, 0.1) is 34.9 Å². The van der Waals surface area contributed by atoms with Crippen LogP contribution in [0.25, 0.3) is 0 Å². The summed E-state index contributed by atoms with van der Waals surface area (Å²) in [6.07, 6.45) is 1.25. The van der Waals surface area contributed by atoms with E-state index in [0.29, 0.717) is 53.8 Å². The van der Waals surface area contributed by atoms with Crippen LogP contribution in [-0.4, -0.2) is 0 Å². The van der Waals surface area contributed by atoms with Crippen LogP contribution in [0.4, 0.5) is 0 Å². The van der Waals surface area contributed by atoms with Gasteiger partial charge in [-0.1, -0.05) is 34.1 Å². The Labute approximate surface area is 243 Å². The van der Waals surface area contributed by atoms with Crippen LogP contribution in [-0.2, 0) is 19.8 Å². The van der Waals surface area contributed by atoms with Crippen molar-refractivity contribution in [2.45, 2.75) is 53.9 Å². The predicted octanol–water partition coefficient (Wildman–Crippen LogP) is 8.48. The molecule has 6 nitrogen and oxygen atoms in total. The minimum absolute atomic E-state index is 0.334. The van der Waals surface area contributed by atoms with E-state index in [4.69, 9.17) is 30.0 Å². The van der Waals surface area contributed by atoms with Crippen LogP contribution < -0.4 is 14.2 Å². The normalized spacial score (nSPS) is 9.29. The second kappa shape index (κ2) is 18.1. The van der Waals surface area contributed by atoms with Gasteiger partial charge in [0.25, 0.3) is 0 Å². The van der Waals surface area contributed by atoms with Gasteiger partial charge >= 0.3 is 0 Å². The van der Waals surface area contributed by atoms with Gasteiger partial charge in [0.2, 0.25) is 0 Å². The van der Waals surface area contributed by atoms with Crippen LogP contribution >= 0.6 is 0 Å². The molecule has 0 unspecified atom stereocenters. The second-order valence-corrected chi connectivity index (χ2v) is 8.64. The van der Waals surface area contributed by atoms with Gasteiger partial charge in [0.1, 0.15) is 37.1 Å². The van der Waals surface area contributed by atoms with E-state index >= 15 is 0 Å². The molecule has 0 aromatic heterocycles. The number of hydrogen-bond donors (Lipinski definition) is 0. The first-order valence-electron chi connectivity index (χ1n) is 13.6. The summed E-state index contributed by atoms with van der Waals surface area (Å²) < 4.78 is 17.8. The summed E-state index contributed by atoms with van der Waals surface area (Å²) in [7, 11) is 0. The molecule has 0 heterocycles. The van der Waals surface area contributed by atoms with Crippen molar-refractivity contribution in [2.24, 2.45) is 0 Å². The van der Waals surface area contributed by atoms with Crippen LogP contribution in [0.5, 0.6) is 17.2 Å². The van der Waals surface area contributed by atoms with Gasteiger partial charge in [0.15, 0.2) is 0 Å². The van der Waals surface area contributed by atoms with E-state index in [9.17, 15) is 0 Å². The van der Waals surface area contributed by atoms with Crippen LogP contribution in [0.15, 0.2) is 91.0 Å². The first-order chi connectivity index (χ1) is 20.1. The van der Waals surface area contributed by atoms with Crippen molar-refractivity contribution in [3.05, 3.63) is 124 Å². The summed E-state index contributed by atoms with van der Waals surface area (Å²) in [5.41, 5.74) is 4.56. The fourth-order valence-electron chi connectivity index (χ4n) is 3.47. The molecular weight excluding hydrogens is 510 g/mol. The van der Waals surface area contributed by atoms with Gasteiger partial charge in [-0.3, -0.25) is 0 Å². The molecule has 0 atom stereocenters. The molecule has 0 bridgehead atoms. The lowest BCUT2D eigenvalue weighted by molar-refractivity contribution is 0.293. The standard InChI is InChI=1S/C30H21N3O3.C3H8.C2H6/c31-16-22-1-7-28(8-2-22)34-19-25-13-26(20-35-29-9-3-23(17-32)4-10-29)15-27(14-25)21-36-30-11-5-24(18-33)6-12-30;1-3-2;1-2/h1-15H,19-21H2;3H2,1-2H3;1-2H3. The largest absolute Gasteiger partial charge is 0.489 e. The molecule has 6 heteroatoms. The van der Waals surface area contributed by atoms with Gasteiger partial charge in [-0.15, -0.1) is 0 Å². The first-order valence-corrected chi connectivity index (χ1v) is 13.6. The molecule has 0 saturated carbocycles. The minimum atomic E-state index is 0.334. The molecule has 0 saturated heterocycles. The SMILES string of the molecule is CC.CCC.N#Cc1ccc(OCc2cc(COc3ccc(C#N)cc3)cc(COc3ccc(C#N)cc3)c2)cc1. The Morgan fingerprint density at radius 2 is 0.683 bits per heavy atom. The van der Waals surface area contributed by atoms with Crippen molar-refractivity contribution in [1.29, 1.82) is 15.8 Å². The maximum atomic E-state index is 8.97. The summed E-state index contributed by atoms with van der Waals surface area (Å²) in [6.45, 7) is 9.25. The summed E-state index contributed by atoms with van der Waals surface area (Å²) in [6, 6.07) is 33.2. The van der Waals surface area contributed by atoms with Crippen molar-refractivity contribution in [1.82, 2.24) is 0 Å². The highest BCUT2D eigenvalue weighted by atomic mass is 16.5. The van der Waals surface area contributed by atoms with E-state index in [1.54, 1.807) is 72.8 Å². The Bertz CT molecular complexity index is 1270. The summed E-state index contributed by atoms with van der Waals surface area (Å²) >= 11 is 0. The zero-order valence-corrected chi connectivity index (χ0v) is 24.1. The zero-order valence-electron chi connectivity index (χ0n) is 24.1. The van der Waals surface area contributed by atoms with Crippen molar-refractivity contribution in [2.75, 3.05) is 0 Å². The number of ether oxygens (including phenoxy) is 3. The fraction of sp³-hybridized carbons (Fsp3) is 0.229. The topological polar surface area (TPSA) is 99.1 Å². The third-order valence-electron chi connectivity index (χ3n) is 5.28. The van der Waals surface area contributed by atoms with Gasteiger partial charge < -0.3 is 14.2 Å². The van der Waals surface area contributed by atoms with Gasteiger partial charge in [-0.2, -0.15) is 15.8 Å². The molecule has 0 aliphatic carbocycles. The molecule has 4 aromatic carbocycles. The van der Waals surface area contributed by atoms with Gasteiger partial charge in [-0.05, 0) is 108 Å². The number of nitrogens with zero attached hydrogens (tertiary/aromatic N) is 3. The molecule has 4 rings (SSSR count). The van der Waals surface area contributed by atoms with Crippen LogP contribution in [0.2, 0.25) is 0 Å². The monoisotopic (exact) mass is 545 g/mol. The summed E-state index contributed by atoms with van der Waals surface area (Å²) in [4.78, 5) is 0. The third kappa shape index (κ3) is 11.2. The van der Waals surface area contributed by atoms with Crippen LogP contribution in [0.1, 0.15) is 67.5 Å². The molecule has 0 fully saturated rings. The van der Waals surface area contributed by atoms with E-state index in [1.807, 2.05) is 32.0 Å². The molecule has 0 N–H and O–H groups in total. The van der Waals surface area contributed by atoms with Gasteiger partial charge in [-0.25, -0.2) is 0 Å². The second-order valence-electron chi connectivity index (χ2n) is 8.64. The lowest BCUT2D eigenvalue weighted by Gasteiger charge is -2.13. The van der Waals surface area contributed by atoms with E-state index in [2.05, 4.69) is 32.1 Å². The number of nitriles is 3. The average Bonchev–Trinajstić information content (AvgIpc) is 3.04. The quantitative estimate of drug-likeness (QED) is 0.209. The van der Waals surface area contributed by atoms with Gasteiger partial charge in [0, 0.05) is 0 Å². The Morgan fingerprint density at radius 1 is 0.463 bits per heavy atom. The highest BCUT2D eigenvalue weighted by molar-refractivity contribution is 5.37. The number of benzene rings is 4. The molecule has 4 aromatic rings.